The standard InChI is InChI=1S/C53H92O6/c1-4-7-10-13-16-19-22-25-26-29-31-34-37-40-43-46-52(55)58-49-50(59-53(56)47-44-41-38-35-32-28-24-21-18-15-12-9-6-3)48-57-51(54)45-42-39-36-33-30-27-23-20-17-14-11-8-5-2/h7,10,13,16,19,22,27-28,30,32,50H,4-6,8-9,11-12,14-15,17-18,20-21,23-26,29,31,33-49H2,1-3H3/b10-7-,16-13-,22-19-,30-27-,32-28-. The zero-order valence-electron chi connectivity index (χ0n) is 38.8. The molecule has 0 saturated carbocycles. The first kappa shape index (κ1) is 56.1. The maximum absolute atomic E-state index is 12.8. The zero-order chi connectivity index (χ0) is 43.0. The minimum absolute atomic E-state index is 0.0913. The van der Waals surface area contributed by atoms with Gasteiger partial charge in [-0.2, -0.15) is 0 Å². The van der Waals surface area contributed by atoms with Gasteiger partial charge >= 0.3 is 17.9 Å². The van der Waals surface area contributed by atoms with E-state index < -0.39 is 6.10 Å². The number of esters is 3. The molecular weight excluding hydrogens is 733 g/mol. The van der Waals surface area contributed by atoms with Gasteiger partial charge in [-0.3, -0.25) is 14.4 Å². The van der Waals surface area contributed by atoms with Crippen LogP contribution in [-0.4, -0.2) is 37.2 Å². The van der Waals surface area contributed by atoms with Crippen molar-refractivity contribution in [3.8, 4) is 0 Å². The first-order chi connectivity index (χ1) is 29.0. The van der Waals surface area contributed by atoms with Crippen LogP contribution in [-0.2, 0) is 28.6 Å². The van der Waals surface area contributed by atoms with E-state index >= 15 is 0 Å². The van der Waals surface area contributed by atoms with Crippen molar-refractivity contribution >= 4 is 17.9 Å². The molecule has 0 amide bonds. The lowest BCUT2D eigenvalue weighted by molar-refractivity contribution is -0.167. The molecule has 0 spiro atoms. The van der Waals surface area contributed by atoms with Gasteiger partial charge in [-0.15, -0.1) is 0 Å². The maximum atomic E-state index is 12.8. The van der Waals surface area contributed by atoms with Crippen LogP contribution >= 0.6 is 0 Å². The Balaban J connectivity index is 4.43. The van der Waals surface area contributed by atoms with Gasteiger partial charge in [0.1, 0.15) is 13.2 Å². The molecule has 0 saturated heterocycles. The second-order valence-corrected chi connectivity index (χ2v) is 16.4. The van der Waals surface area contributed by atoms with E-state index in [0.717, 1.165) is 96.3 Å². The first-order valence-electron chi connectivity index (χ1n) is 24.8. The molecule has 0 heterocycles. The van der Waals surface area contributed by atoms with Gasteiger partial charge in [0.25, 0.3) is 0 Å². The fraction of sp³-hybridized carbons (Fsp3) is 0.755. The highest BCUT2D eigenvalue weighted by molar-refractivity contribution is 5.71. The van der Waals surface area contributed by atoms with Gasteiger partial charge in [-0.25, -0.2) is 0 Å². The minimum atomic E-state index is -0.791. The van der Waals surface area contributed by atoms with Crippen LogP contribution in [0.5, 0.6) is 0 Å². The van der Waals surface area contributed by atoms with E-state index in [1.54, 1.807) is 0 Å². The second kappa shape index (κ2) is 47.8. The number of carbonyl (C=O) groups is 3. The van der Waals surface area contributed by atoms with Crippen molar-refractivity contribution in [1.82, 2.24) is 0 Å². The van der Waals surface area contributed by atoms with Crippen LogP contribution in [0.15, 0.2) is 60.8 Å². The molecule has 59 heavy (non-hydrogen) atoms. The predicted molar refractivity (Wildman–Crippen MR) is 251 cm³/mol. The number of hydrogen-bond donors (Lipinski definition) is 0. The highest BCUT2D eigenvalue weighted by atomic mass is 16.6. The Labute approximate surface area is 364 Å². The van der Waals surface area contributed by atoms with Crippen molar-refractivity contribution in [1.29, 1.82) is 0 Å². The summed E-state index contributed by atoms with van der Waals surface area (Å²) in [7, 11) is 0. The smallest absolute Gasteiger partial charge is 0.306 e. The van der Waals surface area contributed by atoms with E-state index in [-0.39, 0.29) is 31.1 Å². The van der Waals surface area contributed by atoms with Gasteiger partial charge in [0.2, 0.25) is 0 Å². The fourth-order valence-electron chi connectivity index (χ4n) is 6.78. The molecule has 0 aromatic heterocycles. The summed E-state index contributed by atoms with van der Waals surface area (Å²) < 4.78 is 16.7. The maximum Gasteiger partial charge on any atom is 0.306 e. The van der Waals surface area contributed by atoms with Crippen LogP contribution in [0.1, 0.15) is 239 Å². The summed E-state index contributed by atoms with van der Waals surface area (Å²) in [5, 5.41) is 0. The molecule has 0 N–H and O–H groups in total. The Morgan fingerprint density at radius 3 is 1.08 bits per heavy atom. The number of hydrogen-bond acceptors (Lipinski definition) is 6. The molecule has 0 bridgehead atoms. The number of carbonyl (C=O) groups excluding carboxylic acids is 3. The third-order valence-corrected chi connectivity index (χ3v) is 10.5. The lowest BCUT2D eigenvalue weighted by Crippen LogP contribution is -2.30. The van der Waals surface area contributed by atoms with Crippen molar-refractivity contribution in [3.63, 3.8) is 0 Å². The van der Waals surface area contributed by atoms with E-state index in [2.05, 4.69) is 81.5 Å². The number of rotatable bonds is 44. The van der Waals surface area contributed by atoms with Gasteiger partial charge in [-0.1, -0.05) is 191 Å². The third kappa shape index (κ3) is 46.0. The zero-order valence-corrected chi connectivity index (χ0v) is 38.8. The number of unbranched alkanes of at least 4 members (excludes halogenated alkanes) is 25. The van der Waals surface area contributed by atoms with Crippen molar-refractivity contribution in [2.75, 3.05) is 13.2 Å². The molecule has 0 rings (SSSR count). The summed E-state index contributed by atoms with van der Waals surface area (Å²) in [4.78, 5) is 37.9. The predicted octanol–water partition coefficient (Wildman–Crippen LogP) is 16.1. The van der Waals surface area contributed by atoms with Crippen LogP contribution in [0.3, 0.4) is 0 Å². The molecule has 340 valence electrons. The summed E-state index contributed by atoms with van der Waals surface area (Å²) >= 11 is 0. The summed E-state index contributed by atoms with van der Waals surface area (Å²) in [6.07, 6.45) is 57.7. The molecule has 0 aromatic rings. The Morgan fingerprint density at radius 1 is 0.356 bits per heavy atom. The normalized spacial score (nSPS) is 12.5. The molecule has 0 fully saturated rings. The van der Waals surface area contributed by atoms with Crippen molar-refractivity contribution in [2.24, 2.45) is 0 Å². The molecule has 0 aliphatic carbocycles. The van der Waals surface area contributed by atoms with Gasteiger partial charge in [0, 0.05) is 19.3 Å². The van der Waals surface area contributed by atoms with Crippen LogP contribution in [0.25, 0.3) is 0 Å². The van der Waals surface area contributed by atoms with Crippen LogP contribution < -0.4 is 0 Å². The van der Waals surface area contributed by atoms with E-state index in [1.807, 2.05) is 0 Å². The average Bonchev–Trinajstić information content (AvgIpc) is 3.23. The van der Waals surface area contributed by atoms with Crippen molar-refractivity contribution < 1.29 is 28.6 Å². The van der Waals surface area contributed by atoms with Gasteiger partial charge in [0.15, 0.2) is 6.10 Å². The lowest BCUT2D eigenvalue weighted by Gasteiger charge is -2.18. The molecule has 0 radical (unpaired) electrons. The molecular formula is C53H92O6. The molecule has 6 nitrogen and oxygen atoms in total. The topological polar surface area (TPSA) is 78.9 Å². The molecule has 6 heteroatoms. The van der Waals surface area contributed by atoms with Crippen molar-refractivity contribution in [2.45, 2.75) is 245 Å². The summed E-state index contributed by atoms with van der Waals surface area (Å²) in [6.45, 7) is 6.45. The largest absolute Gasteiger partial charge is 0.462 e. The number of ether oxygens (including phenoxy) is 3. The van der Waals surface area contributed by atoms with Gasteiger partial charge in [0.05, 0.1) is 0 Å². The summed E-state index contributed by atoms with van der Waals surface area (Å²) in [5.41, 5.74) is 0. The summed E-state index contributed by atoms with van der Waals surface area (Å²) in [6, 6.07) is 0. The monoisotopic (exact) mass is 825 g/mol. The highest BCUT2D eigenvalue weighted by Gasteiger charge is 2.19. The Hall–Kier alpha value is -2.89. The number of allylic oxidation sites excluding steroid dienone is 10. The van der Waals surface area contributed by atoms with E-state index in [9.17, 15) is 14.4 Å². The Morgan fingerprint density at radius 2 is 0.678 bits per heavy atom. The van der Waals surface area contributed by atoms with Gasteiger partial charge < -0.3 is 14.2 Å². The van der Waals surface area contributed by atoms with Crippen LogP contribution in [0.4, 0.5) is 0 Å². The van der Waals surface area contributed by atoms with E-state index in [1.165, 1.54) is 103 Å². The second-order valence-electron chi connectivity index (χ2n) is 16.4. The van der Waals surface area contributed by atoms with Crippen LogP contribution in [0.2, 0.25) is 0 Å². The lowest BCUT2D eigenvalue weighted by atomic mass is 10.1. The quantitative estimate of drug-likeness (QED) is 0.0200. The molecule has 0 aliphatic heterocycles. The molecule has 1 atom stereocenters. The molecule has 1 unspecified atom stereocenters. The average molecular weight is 825 g/mol. The highest BCUT2D eigenvalue weighted by Crippen LogP contribution is 2.14. The SMILES string of the molecule is CC\C=C/C=C\C=C/CCCCCCCCCC(=O)OCC(COC(=O)CCCCC/C=C\CCCCCCCC)OC(=O)CCCCC/C=C\CCCCCCCC. The fourth-order valence-corrected chi connectivity index (χ4v) is 6.78. The van der Waals surface area contributed by atoms with E-state index in [4.69, 9.17) is 14.2 Å². The first-order valence-corrected chi connectivity index (χ1v) is 24.8. The van der Waals surface area contributed by atoms with Crippen LogP contribution in [0, 0.1) is 0 Å². The Kier molecular flexibility index (Phi) is 45.4. The Bertz CT molecular complexity index is 1090. The molecule has 0 aliphatic rings. The van der Waals surface area contributed by atoms with Gasteiger partial charge in [-0.05, 0) is 89.9 Å². The third-order valence-electron chi connectivity index (χ3n) is 10.5. The molecule has 0 aromatic carbocycles. The summed E-state index contributed by atoms with van der Waals surface area (Å²) in [5.74, 6) is -0.934. The van der Waals surface area contributed by atoms with E-state index in [0.29, 0.717) is 19.3 Å². The minimum Gasteiger partial charge on any atom is -0.462 e. The van der Waals surface area contributed by atoms with Crippen molar-refractivity contribution in [3.05, 3.63) is 60.8 Å².